The molecule has 1 aliphatic heterocycles. The van der Waals surface area contributed by atoms with Crippen molar-refractivity contribution in [2.24, 2.45) is 0 Å². The molecule has 0 radical (unpaired) electrons. The lowest BCUT2D eigenvalue weighted by Gasteiger charge is -2.28. The van der Waals surface area contributed by atoms with Crippen LogP contribution in [0, 0.1) is 0 Å². The van der Waals surface area contributed by atoms with Crippen LogP contribution in [0.2, 0.25) is 0 Å². The highest BCUT2D eigenvalue weighted by atomic mass is 16.5. The summed E-state index contributed by atoms with van der Waals surface area (Å²) in [5, 5.41) is 14.9. The molecule has 1 aromatic carbocycles. The van der Waals surface area contributed by atoms with E-state index in [9.17, 15) is 14.4 Å². The van der Waals surface area contributed by atoms with E-state index in [1.807, 2.05) is 0 Å². The summed E-state index contributed by atoms with van der Waals surface area (Å²) in [5.74, 6) is -1.44. The Bertz CT molecular complexity index is 691. The largest absolute Gasteiger partial charge is 0.481 e. The van der Waals surface area contributed by atoms with Gasteiger partial charge in [0, 0.05) is 17.9 Å². The molecule has 26 heavy (non-hydrogen) atoms. The maximum absolute atomic E-state index is 12.6. The Morgan fingerprint density at radius 2 is 1.96 bits per heavy atom. The molecule has 0 spiro atoms. The number of benzene rings is 1. The second-order valence-electron chi connectivity index (χ2n) is 7.08. The van der Waals surface area contributed by atoms with Crippen molar-refractivity contribution in [2.45, 2.75) is 56.6 Å². The Labute approximate surface area is 152 Å². The standard InChI is InChI=1S/C19H24N2O5/c22-16(23)12-19(8-1-2-9-19)21-17(24)13-5-3-6-14(11-13)20-18(25)15-7-4-10-26-15/h3,5-6,11,15H,1-2,4,7-10,12H2,(H,20,25)(H,21,24)(H,22,23). The molecule has 1 saturated carbocycles. The molecular formula is C19H24N2O5. The lowest BCUT2D eigenvalue weighted by Crippen LogP contribution is -2.47. The second-order valence-corrected chi connectivity index (χ2v) is 7.08. The van der Waals surface area contributed by atoms with Gasteiger partial charge in [-0.05, 0) is 43.9 Å². The van der Waals surface area contributed by atoms with Crippen LogP contribution in [0.25, 0.3) is 0 Å². The van der Waals surface area contributed by atoms with Gasteiger partial charge in [-0.25, -0.2) is 0 Å². The quantitative estimate of drug-likeness (QED) is 0.722. The number of hydrogen-bond donors (Lipinski definition) is 3. The van der Waals surface area contributed by atoms with E-state index in [2.05, 4.69) is 10.6 Å². The molecule has 140 valence electrons. The number of hydrogen-bond acceptors (Lipinski definition) is 4. The van der Waals surface area contributed by atoms with Crippen LogP contribution in [0.15, 0.2) is 24.3 Å². The van der Waals surface area contributed by atoms with Gasteiger partial charge in [0.05, 0.1) is 12.0 Å². The Balaban J connectivity index is 1.67. The highest BCUT2D eigenvalue weighted by molar-refractivity contribution is 5.98. The molecule has 1 heterocycles. The van der Waals surface area contributed by atoms with Crippen molar-refractivity contribution in [2.75, 3.05) is 11.9 Å². The molecule has 1 atom stereocenters. The molecule has 1 unspecified atom stereocenters. The van der Waals surface area contributed by atoms with E-state index in [0.717, 1.165) is 19.3 Å². The van der Waals surface area contributed by atoms with Gasteiger partial charge in [-0.3, -0.25) is 14.4 Å². The van der Waals surface area contributed by atoms with Gasteiger partial charge in [0.1, 0.15) is 6.10 Å². The zero-order chi connectivity index (χ0) is 18.6. The van der Waals surface area contributed by atoms with Crippen molar-refractivity contribution in [1.82, 2.24) is 5.32 Å². The maximum Gasteiger partial charge on any atom is 0.305 e. The molecular weight excluding hydrogens is 336 g/mol. The number of rotatable bonds is 6. The number of nitrogens with one attached hydrogen (secondary N) is 2. The predicted molar refractivity (Wildman–Crippen MR) is 95.0 cm³/mol. The number of anilines is 1. The van der Waals surface area contributed by atoms with Gasteiger partial charge in [0.25, 0.3) is 11.8 Å². The summed E-state index contributed by atoms with van der Waals surface area (Å²) in [4.78, 5) is 36.0. The number of amides is 2. The molecule has 0 aromatic heterocycles. The van der Waals surface area contributed by atoms with Crippen LogP contribution in [0.3, 0.4) is 0 Å². The van der Waals surface area contributed by atoms with Crippen LogP contribution in [0.4, 0.5) is 5.69 Å². The fourth-order valence-corrected chi connectivity index (χ4v) is 3.75. The van der Waals surface area contributed by atoms with Gasteiger partial charge in [-0.2, -0.15) is 0 Å². The first-order valence-corrected chi connectivity index (χ1v) is 9.04. The van der Waals surface area contributed by atoms with Gasteiger partial charge in [0.2, 0.25) is 0 Å². The molecule has 7 nitrogen and oxygen atoms in total. The van der Waals surface area contributed by atoms with E-state index in [-0.39, 0.29) is 18.2 Å². The summed E-state index contributed by atoms with van der Waals surface area (Å²) in [6, 6.07) is 6.66. The normalized spacial score (nSPS) is 21.3. The third-order valence-electron chi connectivity index (χ3n) is 5.04. The Hall–Kier alpha value is -2.41. The topological polar surface area (TPSA) is 105 Å². The van der Waals surface area contributed by atoms with Gasteiger partial charge in [-0.1, -0.05) is 18.9 Å². The lowest BCUT2D eigenvalue weighted by atomic mass is 9.92. The molecule has 0 bridgehead atoms. The molecule has 2 aliphatic rings. The summed E-state index contributed by atoms with van der Waals surface area (Å²) in [7, 11) is 0. The number of carboxylic acids is 1. The minimum absolute atomic E-state index is 0.0752. The van der Waals surface area contributed by atoms with Crippen LogP contribution in [-0.4, -0.2) is 41.1 Å². The third-order valence-corrected chi connectivity index (χ3v) is 5.04. The van der Waals surface area contributed by atoms with Crippen LogP contribution in [0.5, 0.6) is 0 Å². The van der Waals surface area contributed by atoms with E-state index in [1.54, 1.807) is 24.3 Å². The van der Waals surface area contributed by atoms with Gasteiger partial charge < -0.3 is 20.5 Å². The lowest BCUT2D eigenvalue weighted by molar-refractivity contribution is -0.138. The second kappa shape index (κ2) is 7.86. The minimum Gasteiger partial charge on any atom is -0.481 e. The van der Waals surface area contributed by atoms with Crippen molar-refractivity contribution < 1.29 is 24.2 Å². The Morgan fingerprint density at radius 1 is 1.19 bits per heavy atom. The van der Waals surface area contributed by atoms with E-state index in [0.29, 0.717) is 37.1 Å². The summed E-state index contributed by atoms with van der Waals surface area (Å²) < 4.78 is 5.36. The molecule has 3 rings (SSSR count). The molecule has 1 aliphatic carbocycles. The Kier molecular flexibility index (Phi) is 5.56. The first-order valence-electron chi connectivity index (χ1n) is 9.04. The van der Waals surface area contributed by atoms with E-state index in [4.69, 9.17) is 9.84 Å². The molecule has 2 amide bonds. The fraction of sp³-hybridized carbons (Fsp3) is 0.526. The summed E-state index contributed by atoms with van der Waals surface area (Å²) in [6.07, 6.45) is 4.20. The van der Waals surface area contributed by atoms with Crippen LogP contribution in [-0.2, 0) is 14.3 Å². The van der Waals surface area contributed by atoms with Gasteiger partial charge in [0.15, 0.2) is 0 Å². The van der Waals surface area contributed by atoms with Crippen LogP contribution in [0.1, 0.15) is 55.3 Å². The predicted octanol–water partition coefficient (Wildman–Crippen LogP) is 2.32. The van der Waals surface area contributed by atoms with E-state index in [1.165, 1.54) is 0 Å². The summed E-state index contributed by atoms with van der Waals surface area (Å²) >= 11 is 0. The highest BCUT2D eigenvalue weighted by Gasteiger charge is 2.37. The Morgan fingerprint density at radius 3 is 2.62 bits per heavy atom. The van der Waals surface area contributed by atoms with Crippen molar-refractivity contribution in [1.29, 1.82) is 0 Å². The molecule has 2 fully saturated rings. The number of aliphatic carboxylic acids is 1. The first kappa shape index (κ1) is 18.4. The van der Waals surface area contributed by atoms with Crippen molar-refractivity contribution in [3.63, 3.8) is 0 Å². The van der Waals surface area contributed by atoms with E-state index >= 15 is 0 Å². The fourth-order valence-electron chi connectivity index (χ4n) is 3.75. The average Bonchev–Trinajstić information content (AvgIpc) is 3.26. The molecule has 3 N–H and O–H groups in total. The first-order chi connectivity index (χ1) is 12.5. The monoisotopic (exact) mass is 360 g/mol. The summed E-state index contributed by atoms with van der Waals surface area (Å²) in [6.45, 7) is 0.589. The number of carbonyl (C=O) groups is 3. The smallest absolute Gasteiger partial charge is 0.305 e. The molecule has 7 heteroatoms. The van der Waals surface area contributed by atoms with Crippen molar-refractivity contribution in [3.05, 3.63) is 29.8 Å². The third kappa shape index (κ3) is 4.40. The number of ether oxygens (including phenoxy) is 1. The number of carboxylic acid groups (broad SMARTS) is 1. The van der Waals surface area contributed by atoms with Gasteiger partial charge in [-0.15, -0.1) is 0 Å². The molecule has 1 aromatic rings. The zero-order valence-corrected chi connectivity index (χ0v) is 14.6. The van der Waals surface area contributed by atoms with Crippen molar-refractivity contribution in [3.8, 4) is 0 Å². The van der Waals surface area contributed by atoms with Crippen LogP contribution >= 0.6 is 0 Å². The zero-order valence-electron chi connectivity index (χ0n) is 14.6. The highest BCUT2D eigenvalue weighted by Crippen LogP contribution is 2.33. The van der Waals surface area contributed by atoms with E-state index < -0.39 is 17.6 Å². The summed E-state index contributed by atoms with van der Waals surface area (Å²) in [5.41, 5.74) is 0.239. The SMILES string of the molecule is O=C(O)CC1(NC(=O)c2cccc(NC(=O)C3CCCO3)c2)CCCC1. The van der Waals surface area contributed by atoms with Crippen LogP contribution < -0.4 is 10.6 Å². The average molecular weight is 360 g/mol. The van der Waals surface area contributed by atoms with Crippen molar-refractivity contribution >= 4 is 23.5 Å². The number of carbonyl (C=O) groups excluding carboxylic acids is 2. The maximum atomic E-state index is 12.6. The minimum atomic E-state index is -0.912. The molecule has 1 saturated heterocycles. The van der Waals surface area contributed by atoms with Gasteiger partial charge >= 0.3 is 5.97 Å².